The van der Waals surface area contributed by atoms with Crippen LogP contribution >= 0.6 is 0 Å². The third kappa shape index (κ3) is 2.44. The molecule has 0 radical (unpaired) electrons. The van der Waals surface area contributed by atoms with Crippen molar-refractivity contribution in [2.75, 3.05) is 13.1 Å². The largest absolute Gasteiger partial charge is 0.368 e. The average molecular weight is 183 g/mol. The molecule has 0 N–H and O–H groups in total. The number of carbonyl (C=O) groups excluding carboxylic acids is 1. The lowest BCUT2D eigenvalue weighted by atomic mass is 10.0. The van der Waals surface area contributed by atoms with E-state index in [-0.39, 0.29) is 11.9 Å². The van der Waals surface area contributed by atoms with Crippen molar-refractivity contribution in [3.05, 3.63) is 0 Å². The molecular formula is C10H17NO2. The number of nitrogens with zero attached hydrogens (tertiary/aromatic N) is 1. The van der Waals surface area contributed by atoms with Gasteiger partial charge in [0.15, 0.2) is 0 Å². The van der Waals surface area contributed by atoms with Gasteiger partial charge < -0.3 is 4.84 Å². The summed E-state index contributed by atoms with van der Waals surface area (Å²) in [6.07, 6.45) is 4.47. The molecule has 0 bridgehead atoms. The van der Waals surface area contributed by atoms with E-state index < -0.39 is 0 Å². The minimum atomic E-state index is -0.00546. The number of hydrogen-bond acceptors (Lipinski definition) is 3. The van der Waals surface area contributed by atoms with E-state index in [1.165, 1.54) is 6.42 Å². The SMILES string of the molecule is CC1CCCN(OC(=O)C2CC2)C1. The summed E-state index contributed by atoms with van der Waals surface area (Å²) < 4.78 is 0. The van der Waals surface area contributed by atoms with Crippen LogP contribution in [0.5, 0.6) is 0 Å². The molecule has 0 aromatic heterocycles. The van der Waals surface area contributed by atoms with Gasteiger partial charge in [-0.05, 0) is 31.6 Å². The molecule has 0 amide bonds. The van der Waals surface area contributed by atoms with Gasteiger partial charge in [-0.1, -0.05) is 6.92 Å². The van der Waals surface area contributed by atoms with Gasteiger partial charge >= 0.3 is 5.97 Å². The summed E-state index contributed by atoms with van der Waals surface area (Å²) in [7, 11) is 0. The highest BCUT2D eigenvalue weighted by atomic mass is 16.7. The Bertz CT molecular complexity index is 201. The van der Waals surface area contributed by atoms with Crippen LogP contribution in [-0.2, 0) is 9.63 Å². The first-order chi connectivity index (χ1) is 6.25. The standard InChI is InChI=1S/C10H17NO2/c1-8-3-2-6-11(7-8)13-10(12)9-4-5-9/h8-9H,2-7H2,1H3. The highest BCUT2D eigenvalue weighted by molar-refractivity contribution is 5.74. The highest BCUT2D eigenvalue weighted by Crippen LogP contribution is 2.30. The molecule has 0 aromatic carbocycles. The fourth-order valence-corrected chi connectivity index (χ4v) is 1.75. The number of hydrogen-bond donors (Lipinski definition) is 0. The molecule has 1 aliphatic carbocycles. The monoisotopic (exact) mass is 183 g/mol. The number of rotatable bonds is 2. The molecule has 74 valence electrons. The predicted octanol–water partition coefficient (Wildman–Crippen LogP) is 1.59. The van der Waals surface area contributed by atoms with Crippen LogP contribution in [0.1, 0.15) is 32.6 Å². The molecule has 3 nitrogen and oxygen atoms in total. The van der Waals surface area contributed by atoms with Crippen LogP contribution in [-0.4, -0.2) is 24.1 Å². The quantitative estimate of drug-likeness (QED) is 0.651. The zero-order valence-corrected chi connectivity index (χ0v) is 8.16. The average Bonchev–Trinajstić information content (AvgIpc) is 2.85. The summed E-state index contributed by atoms with van der Waals surface area (Å²) in [6, 6.07) is 0. The molecule has 1 aliphatic heterocycles. The van der Waals surface area contributed by atoms with Crippen molar-refractivity contribution in [1.82, 2.24) is 5.06 Å². The predicted molar refractivity (Wildman–Crippen MR) is 48.8 cm³/mol. The summed E-state index contributed by atoms with van der Waals surface area (Å²) in [5, 5.41) is 1.84. The van der Waals surface area contributed by atoms with E-state index in [1.807, 2.05) is 5.06 Å². The van der Waals surface area contributed by atoms with Crippen LogP contribution in [0.25, 0.3) is 0 Å². The summed E-state index contributed by atoms with van der Waals surface area (Å²) in [5.74, 6) is 0.882. The summed E-state index contributed by atoms with van der Waals surface area (Å²) in [6.45, 7) is 4.04. The van der Waals surface area contributed by atoms with Gasteiger partial charge in [-0.2, -0.15) is 0 Å². The second-order valence-corrected chi connectivity index (χ2v) is 4.32. The molecular weight excluding hydrogens is 166 g/mol. The van der Waals surface area contributed by atoms with Gasteiger partial charge in [0.2, 0.25) is 0 Å². The fraction of sp³-hybridized carbons (Fsp3) is 0.900. The third-order valence-corrected chi connectivity index (χ3v) is 2.75. The van der Waals surface area contributed by atoms with E-state index in [0.29, 0.717) is 5.92 Å². The van der Waals surface area contributed by atoms with Crippen LogP contribution in [0.2, 0.25) is 0 Å². The van der Waals surface area contributed by atoms with Crippen LogP contribution in [0.3, 0.4) is 0 Å². The molecule has 1 saturated heterocycles. The van der Waals surface area contributed by atoms with Gasteiger partial charge in [-0.25, -0.2) is 0 Å². The fourth-order valence-electron chi connectivity index (χ4n) is 1.75. The van der Waals surface area contributed by atoms with Gasteiger partial charge in [-0.15, -0.1) is 5.06 Å². The van der Waals surface area contributed by atoms with Crippen LogP contribution in [0.15, 0.2) is 0 Å². The van der Waals surface area contributed by atoms with Crippen molar-refractivity contribution in [1.29, 1.82) is 0 Å². The smallest absolute Gasteiger partial charge is 0.328 e. The van der Waals surface area contributed by atoms with E-state index in [9.17, 15) is 4.79 Å². The Kier molecular flexibility index (Phi) is 2.54. The molecule has 1 heterocycles. The topological polar surface area (TPSA) is 29.5 Å². The lowest BCUT2D eigenvalue weighted by Crippen LogP contribution is -2.36. The Morgan fingerprint density at radius 3 is 2.77 bits per heavy atom. The zero-order chi connectivity index (χ0) is 9.26. The minimum Gasteiger partial charge on any atom is -0.368 e. The second kappa shape index (κ2) is 3.66. The van der Waals surface area contributed by atoms with Crippen molar-refractivity contribution in [3.63, 3.8) is 0 Å². The number of piperidine rings is 1. The molecule has 2 aliphatic rings. The van der Waals surface area contributed by atoms with E-state index in [2.05, 4.69) is 6.92 Å². The van der Waals surface area contributed by atoms with Crippen LogP contribution < -0.4 is 0 Å². The molecule has 2 fully saturated rings. The lowest BCUT2D eigenvalue weighted by Gasteiger charge is -2.28. The van der Waals surface area contributed by atoms with Gasteiger partial charge in [-0.3, -0.25) is 4.79 Å². The van der Waals surface area contributed by atoms with E-state index in [0.717, 1.165) is 32.4 Å². The maximum Gasteiger partial charge on any atom is 0.328 e. The first-order valence-corrected chi connectivity index (χ1v) is 5.22. The number of hydroxylamine groups is 2. The highest BCUT2D eigenvalue weighted by Gasteiger charge is 2.33. The van der Waals surface area contributed by atoms with Crippen molar-refractivity contribution >= 4 is 5.97 Å². The minimum absolute atomic E-state index is 0.00546. The molecule has 1 unspecified atom stereocenters. The van der Waals surface area contributed by atoms with Crippen molar-refractivity contribution in [2.45, 2.75) is 32.6 Å². The molecule has 2 rings (SSSR count). The van der Waals surface area contributed by atoms with E-state index >= 15 is 0 Å². The van der Waals surface area contributed by atoms with Gasteiger partial charge in [0, 0.05) is 13.1 Å². The Hall–Kier alpha value is -0.570. The van der Waals surface area contributed by atoms with E-state index in [4.69, 9.17) is 4.84 Å². The second-order valence-electron chi connectivity index (χ2n) is 4.32. The Labute approximate surface area is 79.0 Å². The Morgan fingerprint density at radius 1 is 1.38 bits per heavy atom. The van der Waals surface area contributed by atoms with Gasteiger partial charge in [0.25, 0.3) is 0 Å². The molecule has 13 heavy (non-hydrogen) atoms. The first kappa shape index (κ1) is 9.00. The van der Waals surface area contributed by atoms with Crippen LogP contribution in [0.4, 0.5) is 0 Å². The molecule has 1 atom stereocenters. The molecule has 0 aromatic rings. The van der Waals surface area contributed by atoms with Gasteiger partial charge in [0.1, 0.15) is 0 Å². The first-order valence-electron chi connectivity index (χ1n) is 5.22. The maximum atomic E-state index is 11.3. The Balaban J connectivity index is 1.76. The summed E-state index contributed by atoms with van der Waals surface area (Å²) in [5.41, 5.74) is 0. The molecule has 3 heteroatoms. The normalized spacial score (nSPS) is 30.1. The zero-order valence-electron chi connectivity index (χ0n) is 8.16. The third-order valence-electron chi connectivity index (χ3n) is 2.75. The molecule has 0 spiro atoms. The van der Waals surface area contributed by atoms with Crippen LogP contribution in [0, 0.1) is 11.8 Å². The number of carbonyl (C=O) groups is 1. The summed E-state index contributed by atoms with van der Waals surface area (Å²) in [4.78, 5) is 16.6. The lowest BCUT2D eigenvalue weighted by molar-refractivity contribution is -0.199. The van der Waals surface area contributed by atoms with E-state index in [1.54, 1.807) is 0 Å². The van der Waals surface area contributed by atoms with Crippen molar-refractivity contribution in [2.24, 2.45) is 11.8 Å². The summed E-state index contributed by atoms with van der Waals surface area (Å²) >= 11 is 0. The van der Waals surface area contributed by atoms with Crippen molar-refractivity contribution in [3.8, 4) is 0 Å². The van der Waals surface area contributed by atoms with Gasteiger partial charge in [0.05, 0.1) is 5.92 Å². The Morgan fingerprint density at radius 2 is 2.15 bits per heavy atom. The van der Waals surface area contributed by atoms with Crippen molar-refractivity contribution < 1.29 is 9.63 Å². The molecule has 1 saturated carbocycles. The maximum absolute atomic E-state index is 11.3.